The summed E-state index contributed by atoms with van der Waals surface area (Å²) in [4.78, 5) is 22.6. The SMILES string of the molecule is Nc1cccc(C(=O)c2ccc3c(C=Nc4ccc(N5CCOCC5)cc4)c(O)[nH]c3c2)c1. The number of morpholine rings is 1. The van der Waals surface area contributed by atoms with Crippen molar-refractivity contribution in [3.63, 3.8) is 0 Å². The number of aliphatic imine (C=N–C) groups is 1. The maximum absolute atomic E-state index is 12.8. The third kappa shape index (κ3) is 4.31. The summed E-state index contributed by atoms with van der Waals surface area (Å²) in [5.41, 5.74) is 10.5. The molecule has 7 heteroatoms. The third-order valence-electron chi connectivity index (χ3n) is 5.80. The molecule has 0 bridgehead atoms. The van der Waals surface area contributed by atoms with Gasteiger partial charge < -0.3 is 25.5 Å². The minimum atomic E-state index is -0.131. The number of aromatic hydroxyl groups is 1. The zero-order valence-corrected chi connectivity index (χ0v) is 18.0. The predicted octanol–water partition coefficient (Wildman–Crippen LogP) is 4.27. The summed E-state index contributed by atoms with van der Waals surface area (Å²) in [5.74, 6) is -0.124. The van der Waals surface area contributed by atoms with Gasteiger partial charge in [0.05, 0.1) is 24.5 Å². The number of aromatic nitrogens is 1. The molecule has 0 spiro atoms. The lowest BCUT2D eigenvalue weighted by Crippen LogP contribution is -2.36. The Morgan fingerprint density at radius 1 is 1.03 bits per heavy atom. The second-order valence-corrected chi connectivity index (χ2v) is 7.98. The van der Waals surface area contributed by atoms with Gasteiger partial charge in [-0.25, -0.2) is 0 Å². The van der Waals surface area contributed by atoms with Crippen LogP contribution in [0.4, 0.5) is 17.1 Å². The summed E-state index contributed by atoms with van der Waals surface area (Å²) in [6.07, 6.45) is 1.64. The molecule has 1 aliphatic rings. The molecule has 2 heterocycles. The number of H-pyrrole nitrogens is 1. The summed E-state index contributed by atoms with van der Waals surface area (Å²) in [7, 11) is 0. The molecule has 1 aliphatic heterocycles. The standard InChI is InChI=1S/C26H24N4O3/c27-19-3-1-2-17(14-19)25(31)18-4-9-22-23(26(32)29-24(22)15-18)16-28-20-5-7-21(8-6-20)30-10-12-33-13-11-30/h1-9,14-16,29,32H,10-13,27H2. The van der Waals surface area contributed by atoms with Crippen LogP contribution in [0, 0.1) is 0 Å². The molecule has 0 radical (unpaired) electrons. The molecule has 5 rings (SSSR count). The van der Waals surface area contributed by atoms with E-state index < -0.39 is 0 Å². The number of rotatable bonds is 5. The largest absolute Gasteiger partial charge is 0.494 e. The number of hydrogen-bond donors (Lipinski definition) is 3. The highest BCUT2D eigenvalue weighted by molar-refractivity contribution is 6.12. The van der Waals surface area contributed by atoms with Gasteiger partial charge in [-0.15, -0.1) is 0 Å². The molecule has 1 saturated heterocycles. The Kier molecular flexibility index (Phi) is 5.54. The number of ether oxygens (including phenoxy) is 1. The Morgan fingerprint density at radius 2 is 1.79 bits per heavy atom. The van der Waals surface area contributed by atoms with Crippen molar-refractivity contribution < 1.29 is 14.6 Å². The summed E-state index contributed by atoms with van der Waals surface area (Å²) < 4.78 is 5.40. The van der Waals surface area contributed by atoms with E-state index in [1.54, 1.807) is 42.6 Å². The number of nitrogens with two attached hydrogens (primary N) is 1. The maximum atomic E-state index is 12.8. The number of fused-ring (bicyclic) bond motifs is 1. The second-order valence-electron chi connectivity index (χ2n) is 7.98. The molecule has 33 heavy (non-hydrogen) atoms. The van der Waals surface area contributed by atoms with Crippen LogP contribution in [-0.2, 0) is 4.74 Å². The van der Waals surface area contributed by atoms with Crippen LogP contribution in [0.1, 0.15) is 21.5 Å². The number of hydrogen-bond acceptors (Lipinski definition) is 6. The lowest BCUT2D eigenvalue weighted by Gasteiger charge is -2.28. The molecule has 3 aromatic carbocycles. The van der Waals surface area contributed by atoms with Crippen molar-refractivity contribution in [2.45, 2.75) is 0 Å². The molecular weight excluding hydrogens is 416 g/mol. The van der Waals surface area contributed by atoms with Crippen molar-refractivity contribution in [1.82, 2.24) is 4.98 Å². The maximum Gasteiger partial charge on any atom is 0.198 e. The molecule has 0 amide bonds. The summed E-state index contributed by atoms with van der Waals surface area (Å²) in [6, 6.07) is 20.2. The lowest BCUT2D eigenvalue weighted by molar-refractivity contribution is 0.103. The number of carbonyl (C=O) groups excluding carboxylic acids is 1. The number of aromatic amines is 1. The number of carbonyl (C=O) groups is 1. The number of anilines is 2. The van der Waals surface area contributed by atoms with Crippen LogP contribution in [0.25, 0.3) is 10.9 Å². The van der Waals surface area contributed by atoms with Crippen LogP contribution in [-0.4, -0.2) is 48.4 Å². The van der Waals surface area contributed by atoms with E-state index in [0.717, 1.165) is 43.1 Å². The Hall–Kier alpha value is -4.10. The Balaban J connectivity index is 1.38. The summed E-state index contributed by atoms with van der Waals surface area (Å²) in [5, 5.41) is 11.2. The lowest BCUT2D eigenvalue weighted by atomic mass is 10.0. The summed E-state index contributed by atoms with van der Waals surface area (Å²) >= 11 is 0. The van der Waals surface area contributed by atoms with Crippen LogP contribution >= 0.6 is 0 Å². The van der Waals surface area contributed by atoms with Crippen LogP contribution in [0.15, 0.2) is 71.7 Å². The number of nitrogens with one attached hydrogen (secondary N) is 1. The van der Waals surface area contributed by atoms with E-state index in [2.05, 4.69) is 14.9 Å². The molecule has 1 fully saturated rings. The van der Waals surface area contributed by atoms with Crippen molar-refractivity contribution in [3.05, 3.63) is 83.4 Å². The fourth-order valence-corrected chi connectivity index (χ4v) is 4.03. The summed E-state index contributed by atoms with van der Waals surface area (Å²) in [6.45, 7) is 3.25. The van der Waals surface area contributed by atoms with Gasteiger partial charge in [-0.3, -0.25) is 9.79 Å². The molecular formula is C26H24N4O3. The van der Waals surface area contributed by atoms with Gasteiger partial charge in [0, 0.05) is 52.7 Å². The van der Waals surface area contributed by atoms with Crippen molar-refractivity contribution in [2.75, 3.05) is 36.9 Å². The zero-order valence-electron chi connectivity index (χ0n) is 18.0. The van der Waals surface area contributed by atoms with E-state index in [1.807, 2.05) is 30.3 Å². The molecule has 4 aromatic rings. The van der Waals surface area contributed by atoms with Gasteiger partial charge in [0.2, 0.25) is 0 Å². The van der Waals surface area contributed by atoms with E-state index in [0.29, 0.717) is 27.9 Å². The number of ketones is 1. The predicted molar refractivity (Wildman–Crippen MR) is 131 cm³/mol. The fourth-order valence-electron chi connectivity index (χ4n) is 4.03. The Labute approximate surface area is 191 Å². The van der Waals surface area contributed by atoms with Crippen molar-refractivity contribution in [2.24, 2.45) is 4.99 Å². The van der Waals surface area contributed by atoms with Gasteiger partial charge in [-0.05, 0) is 42.5 Å². The quantitative estimate of drug-likeness (QED) is 0.244. The van der Waals surface area contributed by atoms with Crippen molar-refractivity contribution >= 4 is 40.0 Å². The van der Waals surface area contributed by atoms with E-state index in [4.69, 9.17) is 10.5 Å². The van der Waals surface area contributed by atoms with Gasteiger partial charge in [0.15, 0.2) is 11.7 Å². The van der Waals surface area contributed by atoms with Crippen LogP contribution in [0.2, 0.25) is 0 Å². The number of nitrogen functional groups attached to an aromatic ring is 1. The normalized spacial score (nSPS) is 14.2. The number of benzene rings is 3. The highest BCUT2D eigenvalue weighted by Gasteiger charge is 2.14. The highest BCUT2D eigenvalue weighted by atomic mass is 16.5. The molecule has 0 aliphatic carbocycles. The van der Waals surface area contributed by atoms with Crippen LogP contribution in [0.5, 0.6) is 5.88 Å². The fraction of sp³-hybridized carbons (Fsp3) is 0.154. The first-order chi connectivity index (χ1) is 16.1. The number of nitrogens with zero attached hydrogens (tertiary/aromatic N) is 2. The van der Waals surface area contributed by atoms with Gasteiger partial charge in [0.1, 0.15) is 0 Å². The molecule has 7 nitrogen and oxygen atoms in total. The average Bonchev–Trinajstić information content (AvgIpc) is 3.17. The van der Waals surface area contributed by atoms with E-state index >= 15 is 0 Å². The minimum Gasteiger partial charge on any atom is -0.494 e. The first-order valence-electron chi connectivity index (χ1n) is 10.8. The van der Waals surface area contributed by atoms with Crippen LogP contribution in [0.3, 0.4) is 0 Å². The molecule has 0 atom stereocenters. The second kappa shape index (κ2) is 8.80. The van der Waals surface area contributed by atoms with Gasteiger partial charge in [-0.1, -0.05) is 24.3 Å². The molecule has 0 unspecified atom stereocenters. The van der Waals surface area contributed by atoms with Crippen LogP contribution < -0.4 is 10.6 Å². The van der Waals surface area contributed by atoms with E-state index in [-0.39, 0.29) is 11.7 Å². The highest BCUT2D eigenvalue weighted by Crippen LogP contribution is 2.28. The smallest absolute Gasteiger partial charge is 0.198 e. The topological polar surface area (TPSA) is 104 Å². The van der Waals surface area contributed by atoms with Gasteiger partial charge in [-0.2, -0.15) is 0 Å². The molecule has 0 saturated carbocycles. The van der Waals surface area contributed by atoms with Gasteiger partial charge >= 0.3 is 0 Å². The average molecular weight is 441 g/mol. The Bertz CT molecular complexity index is 1340. The van der Waals surface area contributed by atoms with E-state index in [1.165, 1.54) is 0 Å². The van der Waals surface area contributed by atoms with E-state index in [9.17, 15) is 9.90 Å². The van der Waals surface area contributed by atoms with Crippen molar-refractivity contribution in [1.29, 1.82) is 0 Å². The Morgan fingerprint density at radius 3 is 2.55 bits per heavy atom. The monoisotopic (exact) mass is 440 g/mol. The first-order valence-corrected chi connectivity index (χ1v) is 10.8. The minimum absolute atomic E-state index is 0.00671. The van der Waals surface area contributed by atoms with Crippen molar-refractivity contribution in [3.8, 4) is 5.88 Å². The third-order valence-corrected chi connectivity index (χ3v) is 5.80. The molecule has 166 valence electrons. The molecule has 4 N–H and O–H groups in total. The zero-order chi connectivity index (χ0) is 22.8. The first kappa shape index (κ1) is 20.8. The molecule has 1 aromatic heterocycles. The van der Waals surface area contributed by atoms with Gasteiger partial charge in [0.25, 0.3) is 0 Å².